The van der Waals surface area contributed by atoms with Crippen LogP contribution in [0.3, 0.4) is 0 Å². The van der Waals surface area contributed by atoms with E-state index in [1.165, 1.54) is 27.7 Å². The minimum atomic E-state index is -1.46. The van der Waals surface area contributed by atoms with Gasteiger partial charge in [-0.05, 0) is 13.8 Å². The molecule has 6 heteroatoms. The topological polar surface area (TPSA) is 107 Å². The molecule has 0 aromatic carbocycles. The molecule has 0 aliphatic rings. The van der Waals surface area contributed by atoms with E-state index in [1.807, 2.05) is 0 Å². The first-order chi connectivity index (χ1) is 7.04. The third kappa shape index (κ3) is 3.46. The normalized spacial score (nSPS) is 14.4. The molecule has 0 rings (SSSR count). The molecular formula is C10H19NO5. The summed E-state index contributed by atoms with van der Waals surface area (Å²) in [6.07, 6.45) is -1.46. The highest BCUT2D eigenvalue weighted by Gasteiger charge is 2.37. The number of aliphatic hydroxyl groups excluding tert-OH is 2. The quantitative estimate of drug-likeness (QED) is 0.504. The number of carboxylic acid groups (broad SMARTS) is 1. The smallest absolute Gasteiger partial charge is 0.328 e. The van der Waals surface area contributed by atoms with Crippen LogP contribution in [0.2, 0.25) is 0 Å². The lowest BCUT2D eigenvalue weighted by Gasteiger charge is -2.30. The number of nitrogens with one attached hydrogen (secondary N) is 1. The first-order valence-corrected chi connectivity index (χ1v) is 4.89. The van der Waals surface area contributed by atoms with Crippen LogP contribution < -0.4 is 5.32 Å². The molecule has 4 N–H and O–H groups in total. The van der Waals surface area contributed by atoms with Gasteiger partial charge in [0.25, 0.3) is 0 Å². The largest absolute Gasteiger partial charge is 0.480 e. The standard InChI is InChI=1S/C10H19NO5/c1-9(2,5-12)6(13)7(14)11-10(3,4)8(15)16/h6,12-13H,5H2,1-4H3,(H,11,14)(H,15,16). The molecular weight excluding hydrogens is 214 g/mol. The van der Waals surface area contributed by atoms with Crippen LogP contribution in [-0.4, -0.2) is 45.4 Å². The van der Waals surface area contributed by atoms with E-state index < -0.39 is 28.9 Å². The fourth-order valence-corrected chi connectivity index (χ4v) is 0.871. The van der Waals surface area contributed by atoms with Crippen LogP contribution in [0.25, 0.3) is 0 Å². The molecule has 94 valence electrons. The van der Waals surface area contributed by atoms with Gasteiger partial charge in [0.1, 0.15) is 11.6 Å². The molecule has 0 saturated carbocycles. The first-order valence-electron chi connectivity index (χ1n) is 4.89. The maximum atomic E-state index is 11.5. The minimum absolute atomic E-state index is 0.380. The van der Waals surface area contributed by atoms with Crippen LogP contribution in [0.4, 0.5) is 0 Å². The first kappa shape index (κ1) is 14.9. The van der Waals surface area contributed by atoms with Gasteiger partial charge in [-0.3, -0.25) is 4.79 Å². The van der Waals surface area contributed by atoms with Gasteiger partial charge in [0.15, 0.2) is 0 Å². The van der Waals surface area contributed by atoms with E-state index in [1.54, 1.807) is 0 Å². The second kappa shape index (κ2) is 4.80. The molecule has 1 atom stereocenters. The van der Waals surface area contributed by atoms with Crippen molar-refractivity contribution in [2.24, 2.45) is 5.41 Å². The van der Waals surface area contributed by atoms with E-state index in [9.17, 15) is 14.7 Å². The van der Waals surface area contributed by atoms with Crippen LogP contribution in [0.1, 0.15) is 27.7 Å². The number of hydrogen-bond donors (Lipinski definition) is 4. The van der Waals surface area contributed by atoms with Crippen LogP contribution >= 0.6 is 0 Å². The molecule has 6 nitrogen and oxygen atoms in total. The van der Waals surface area contributed by atoms with Crippen molar-refractivity contribution in [1.29, 1.82) is 0 Å². The van der Waals surface area contributed by atoms with Crippen molar-refractivity contribution in [2.45, 2.75) is 39.3 Å². The minimum Gasteiger partial charge on any atom is -0.480 e. The number of carbonyl (C=O) groups excluding carboxylic acids is 1. The molecule has 0 spiro atoms. The Morgan fingerprint density at radius 1 is 1.25 bits per heavy atom. The van der Waals surface area contributed by atoms with Crippen LogP contribution in [-0.2, 0) is 9.59 Å². The summed E-state index contributed by atoms with van der Waals surface area (Å²) in [6.45, 7) is 5.25. The second-order valence-electron chi connectivity index (χ2n) is 4.97. The second-order valence-corrected chi connectivity index (χ2v) is 4.97. The molecule has 1 amide bonds. The monoisotopic (exact) mass is 233 g/mol. The van der Waals surface area contributed by atoms with Crippen molar-refractivity contribution in [2.75, 3.05) is 6.61 Å². The highest BCUT2D eigenvalue weighted by atomic mass is 16.4. The number of hydrogen-bond acceptors (Lipinski definition) is 4. The average molecular weight is 233 g/mol. The third-order valence-corrected chi connectivity index (χ3v) is 2.37. The molecule has 0 aromatic rings. The Bertz CT molecular complexity index is 285. The van der Waals surface area contributed by atoms with Crippen molar-refractivity contribution in [3.63, 3.8) is 0 Å². The summed E-state index contributed by atoms with van der Waals surface area (Å²) in [7, 11) is 0. The lowest BCUT2D eigenvalue weighted by molar-refractivity contribution is -0.150. The van der Waals surface area contributed by atoms with E-state index in [-0.39, 0.29) is 6.61 Å². The fourth-order valence-electron chi connectivity index (χ4n) is 0.871. The Morgan fingerprint density at radius 3 is 2.00 bits per heavy atom. The van der Waals surface area contributed by atoms with Crippen molar-refractivity contribution >= 4 is 11.9 Å². The summed E-state index contributed by atoms with van der Waals surface area (Å²) in [4.78, 5) is 22.3. The molecule has 1 unspecified atom stereocenters. The molecule has 0 heterocycles. The van der Waals surface area contributed by atoms with Gasteiger partial charge in [0.05, 0.1) is 6.61 Å². The molecule has 0 saturated heterocycles. The Kier molecular flexibility index (Phi) is 4.45. The van der Waals surface area contributed by atoms with Crippen molar-refractivity contribution in [1.82, 2.24) is 5.32 Å². The SMILES string of the molecule is CC(C)(NC(=O)C(O)C(C)(C)CO)C(=O)O. The number of aliphatic carboxylic acids is 1. The van der Waals surface area contributed by atoms with Gasteiger partial charge in [-0.2, -0.15) is 0 Å². The van der Waals surface area contributed by atoms with Crippen molar-refractivity contribution in [3.05, 3.63) is 0 Å². The van der Waals surface area contributed by atoms with Gasteiger partial charge in [0.2, 0.25) is 5.91 Å². The summed E-state index contributed by atoms with van der Waals surface area (Å²) in [5.41, 5.74) is -2.47. The van der Waals surface area contributed by atoms with Gasteiger partial charge in [0, 0.05) is 5.41 Å². The zero-order valence-corrected chi connectivity index (χ0v) is 9.94. The summed E-state index contributed by atoms with van der Waals surface area (Å²) in [6, 6.07) is 0. The zero-order chi connectivity index (χ0) is 13.1. The highest BCUT2D eigenvalue weighted by Crippen LogP contribution is 2.20. The number of aliphatic hydroxyl groups is 2. The molecule has 0 radical (unpaired) electrons. The highest BCUT2D eigenvalue weighted by molar-refractivity contribution is 5.88. The van der Waals surface area contributed by atoms with E-state index in [0.717, 1.165) is 0 Å². The van der Waals surface area contributed by atoms with Crippen molar-refractivity contribution < 1.29 is 24.9 Å². The van der Waals surface area contributed by atoms with Crippen LogP contribution in [0.5, 0.6) is 0 Å². The summed E-state index contributed by atoms with van der Waals surface area (Å²) in [5.74, 6) is -2.01. The number of carboxylic acids is 1. The Hall–Kier alpha value is -1.14. The summed E-state index contributed by atoms with van der Waals surface area (Å²) in [5, 5.41) is 29.6. The Morgan fingerprint density at radius 2 is 1.69 bits per heavy atom. The third-order valence-electron chi connectivity index (χ3n) is 2.37. The van der Waals surface area contributed by atoms with E-state index in [4.69, 9.17) is 10.2 Å². The Labute approximate surface area is 94.3 Å². The summed E-state index contributed by atoms with van der Waals surface area (Å²) < 4.78 is 0. The lowest BCUT2D eigenvalue weighted by atomic mass is 9.86. The molecule has 0 bridgehead atoms. The van der Waals surface area contributed by atoms with Gasteiger partial charge in [-0.25, -0.2) is 4.79 Å². The molecule has 0 aliphatic carbocycles. The van der Waals surface area contributed by atoms with Gasteiger partial charge >= 0.3 is 5.97 Å². The van der Waals surface area contributed by atoms with E-state index in [0.29, 0.717) is 0 Å². The lowest BCUT2D eigenvalue weighted by Crippen LogP contribution is -2.55. The van der Waals surface area contributed by atoms with Gasteiger partial charge in [-0.15, -0.1) is 0 Å². The molecule has 0 aliphatic heterocycles. The van der Waals surface area contributed by atoms with E-state index in [2.05, 4.69) is 5.32 Å². The van der Waals surface area contributed by atoms with Crippen LogP contribution in [0, 0.1) is 5.41 Å². The number of rotatable bonds is 5. The predicted molar refractivity (Wildman–Crippen MR) is 56.7 cm³/mol. The fraction of sp³-hybridized carbons (Fsp3) is 0.800. The zero-order valence-electron chi connectivity index (χ0n) is 9.94. The number of carbonyl (C=O) groups is 2. The maximum Gasteiger partial charge on any atom is 0.328 e. The summed E-state index contributed by atoms with van der Waals surface area (Å²) >= 11 is 0. The van der Waals surface area contributed by atoms with Crippen LogP contribution in [0.15, 0.2) is 0 Å². The van der Waals surface area contributed by atoms with Gasteiger partial charge in [-0.1, -0.05) is 13.8 Å². The van der Waals surface area contributed by atoms with Crippen molar-refractivity contribution in [3.8, 4) is 0 Å². The molecule has 16 heavy (non-hydrogen) atoms. The number of amides is 1. The Balaban J connectivity index is 4.67. The average Bonchev–Trinajstić information content (AvgIpc) is 2.15. The molecule has 0 aromatic heterocycles. The molecule has 0 fully saturated rings. The van der Waals surface area contributed by atoms with E-state index >= 15 is 0 Å². The van der Waals surface area contributed by atoms with Gasteiger partial charge < -0.3 is 20.6 Å². The maximum absolute atomic E-state index is 11.5. The predicted octanol–water partition coefficient (Wildman–Crippen LogP) is -0.655.